The molecule has 0 saturated heterocycles. The Morgan fingerprint density at radius 2 is 1.90 bits per heavy atom. The van der Waals surface area contributed by atoms with Gasteiger partial charge in [0.15, 0.2) is 0 Å². The number of anilines is 1. The first-order valence-electron chi connectivity index (χ1n) is 9.83. The van der Waals surface area contributed by atoms with Crippen molar-refractivity contribution in [1.29, 1.82) is 0 Å². The smallest absolute Gasteiger partial charge is 0.119 e. The first-order chi connectivity index (χ1) is 14.2. The third kappa shape index (κ3) is 5.64. The van der Waals surface area contributed by atoms with Gasteiger partial charge in [0.2, 0.25) is 0 Å². The van der Waals surface area contributed by atoms with Crippen LogP contribution in [0.15, 0.2) is 36.4 Å². The quantitative estimate of drug-likeness (QED) is 0.259. The Hall–Kier alpha value is -1.79. The van der Waals surface area contributed by atoms with Crippen molar-refractivity contribution < 1.29 is 9.47 Å². The Kier molecular flexibility index (Phi) is 8.19. The zero-order valence-corrected chi connectivity index (χ0v) is 18.4. The fourth-order valence-corrected chi connectivity index (χ4v) is 3.71. The van der Waals surface area contributed by atoms with Crippen LogP contribution in [0.3, 0.4) is 0 Å². The van der Waals surface area contributed by atoms with E-state index in [-0.39, 0.29) is 0 Å². The average Bonchev–Trinajstić information content (AvgIpc) is 2.74. The second-order valence-corrected chi connectivity index (χ2v) is 7.51. The van der Waals surface area contributed by atoms with Crippen LogP contribution < -0.4 is 10.1 Å². The number of pyridine rings is 1. The van der Waals surface area contributed by atoms with Crippen molar-refractivity contribution in [2.45, 2.75) is 6.92 Å². The number of halogens is 2. The Morgan fingerprint density at radius 1 is 1.03 bits per heavy atom. The Labute approximate surface area is 181 Å². The van der Waals surface area contributed by atoms with Crippen LogP contribution in [0.1, 0.15) is 6.92 Å². The minimum absolute atomic E-state index is 0.612. The van der Waals surface area contributed by atoms with Crippen LogP contribution in [0.25, 0.3) is 21.8 Å². The minimum atomic E-state index is 0.612. The van der Waals surface area contributed by atoms with Crippen LogP contribution in [0, 0.1) is 0 Å². The van der Waals surface area contributed by atoms with Gasteiger partial charge in [-0.25, -0.2) is 4.98 Å². The molecule has 1 N–H and O–H groups in total. The number of nitrogens with one attached hydrogen (secondary N) is 1. The normalized spacial score (nSPS) is 11.5. The van der Waals surface area contributed by atoms with Crippen LogP contribution in [0.5, 0.6) is 5.75 Å². The van der Waals surface area contributed by atoms with E-state index in [0.717, 1.165) is 52.9 Å². The van der Waals surface area contributed by atoms with Crippen molar-refractivity contribution in [3.63, 3.8) is 0 Å². The molecule has 7 heteroatoms. The highest BCUT2D eigenvalue weighted by Crippen LogP contribution is 2.34. The summed E-state index contributed by atoms with van der Waals surface area (Å²) in [6.45, 7) is 6.88. The van der Waals surface area contributed by atoms with Gasteiger partial charge in [0.1, 0.15) is 5.75 Å². The second kappa shape index (κ2) is 10.8. The van der Waals surface area contributed by atoms with Crippen LogP contribution in [0.2, 0.25) is 5.02 Å². The molecule has 0 spiro atoms. The minimum Gasteiger partial charge on any atom is -0.497 e. The van der Waals surface area contributed by atoms with Crippen molar-refractivity contribution in [1.82, 2.24) is 9.88 Å². The third-order valence-electron chi connectivity index (χ3n) is 4.89. The van der Waals surface area contributed by atoms with Crippen molar-refractivity contribution >= 4 is 50.7 Å². The Balaban J connectivity index is 1.72. The molecule has 0 amide bonds. The lowest BCUT2D eigenvalue weighted by molar-refractivity contribution is 0.115. The topological polar surface area (TPSA) is 46.6 Å². The van der Waals surface area contributed by atoms with Crippen LogP contribution in [-0.4, -0.2) is 62.3 Å². The van der Waals surface area contributed by atoms with Gasteiger partial charge in [-0.15, -0.1) is 11.6 Å². The summed E-state index contributed by atoms with van der Waals surface area (Å²) in [4.78, 5) is 7.03. The summed E-state index contributed by atoms with van der Waals surface area (Å²) in [5.41, 5.74) is 2.77. The van der Waals surface area contributed by atoms with Gasteiger partial charge < -0.3 is 19.7 Å². The second-order valence-electron chi connectivity index (χ2n) is 6.69. The van der Waals surface area contributed by atoms with Crippen molar-refractivity contribution in [3.8, 4) is 5.75 Å². The van der Waals surface area contributed by atoms with Crippen LogP contribution in [0.4, 0.5) is 5.69 Å². The zero-order valence-electron chi connectivity index (χ0n) is 16.9. The fourth-order valence-electron chi connectivity index (χ4n) is 3.31. The number of methoxy groups -OCH3 is 1. The summed E-state index contributed by atoms with van der Waals surface area (Å²) in [6.07, 6.45) is 0. The molecule has 5 nitrogen and oxygen atoms in total. The molecule has 0 aliphatic heterocycles. The first kappa shape index (κ1) is 21.9. The predicted octanol–water partition coefficient (Wildman–Crippen LogP) is 5.04. The maximum absolute atomic E-state index is 6.18. The largest absolute Gasteiger partial charge is 0.497 e. The maximum atomic E-state index is 6.18. The summed E-state index contributed by atoms with van der Waals surface area (Å²) in [7, 11) is 1.67. The van der Waals surface area contributed by atoms with Gasteiger partial charge in [-0.05, 0) is 42.9 Å². The van der Waals surface area contributed by atoms with E-state index in [2.05, 4.69) is 17.1 Å². The van der Waals surface area contributed by atoms with Crippen molar-refractivity contribution in [3.05, 3.63) is 41.4 Å². The SMILES string of the molecule is CCN(CCCl)CCOCCNc1c2ccc(Cl)cc2nc2ccc(OC)cc12. The van der Waals surface area contributed by atoms with E-state index < -0.39 is 0 Å². The van der Waals surface area contributed by atoms with Crippen LogP contribution >= 0.6 is 23.2 Å². The van der Waals surface area contributed by atoms with E-state index in [9.17, 15) is 0 Å². The molecule has 0 aliphatic rings. The summed E-state index contributed by atoms with van der Waals surface area (Å²) in [5, 5.41) is 6.24. The molecular weight excluding hydrogens is 409 g/mol. The molecule has 0 atom stereocenters. The number of rotatable bonds is 11. The molecule has 2 aromatic carbocycles. The van der Waals surface area contributed by atoms with Gasteiger partial charge in [0.25, 0.3) is 0 Å². The molecule has 3 aromatic rings. The number of hydrogen-bond acceptors (Lipinski definition) is 5. The molecule has 1 aromatic heterocycles. The number of aromatic nitrogens is 1. The third-order valence-corrected chi connectivity index (χ3v) is 5.30. The number of alkyl halides is 1. The molecule has 0 fully saturated rings. The van der Waals surface area contributed by atoms with Gasteiger partial charge in [0, 0.05) is 41.3 Å². The van der Waals surface area contributed by atoms with E-state index in [1.807, 2.05) is 36.4 Å². The fraction of sp³-hybridized carbons (Fsp3) is 0.409. The lowest BCUT2D eigenvalue weighted by atomic mass is 10.1. The highest BCUT2D eigenvalue weighted by Gasteiger charge is 2.11. The summed E-state index contributed by atoms with van der Waals surface area (Å²) in [6, 6.07) is 11.7. The average molecular weight is 436 g/mol. The van der Waals surface area contributed by atoms with Gasteiger partial charge in [-0.1, -0.05) is 18.5 Å². The van der Waals surface area contributed by atoms with E-state index in [0.29, 0.717) is 30.7 Å². The summed E-state index contributed by atoms with van der Waals surface area (Å²) in [5.74, 6) is 1.44. The Morgan fingerprint density at radius 3 is 2.66 bits per heavy atom. The van der Waals surface area contributed by atoms with Crippen molar-refractivity contribution in [2.24, 2.45) is 0 Å². The summed E-state index contributed by atoms with van der Waals surface area (Å²) >= 11 is 12.0. The summed E-state index contributed by atoms with van der Waals surface area (Å²) < 4.78 is 11.2. The molecule has 3 rings (SSSR count). The van der Waals surface area contributed by atoms with Gasteiger partial charge >= 0.3 is 0 Å². The molecule has 0 unspecified atom stereocenters. The van der Waals surface area contributed by atoms with E-state index in [1.165, 1.54) is 0 Å². The molecule has 0 aliphatic carbocycles. The van der Waals surface area contributed by atoms with E-state index in [4.69, 9.17) is 37.7 Å². The number of fused-ring (bicyclic) bond motifs is 2. The molecule has 29 heavy (non-hydrogen) atoms. The molecule has 0 bridgehead atoms. The number of ether oxygens (including phenoxy) is 2. The zero-order chi connectivity index (χ0) is 20.6. The molecule has 156 valence electrons. The maximum Gasteiger partial charge on any atom is 0.119 e. The predicted molar refractivity (Wildman–Crippen MR) is 123 cm³/mol. The van der Waals surface area contributed by atoms with E-state index in [1.54, 1.807) is 7.11 Å². The number of nitrogens with zero attached hydrogens (tertiary/aromatic N) is 2. The van der Waals surface area contributed by atoms with E-state index >= 15 is 0 Å². The monoisotopic (exact) mass is 435 g/mol. The lowest BCUT2D eigenvalue weighted by Crippen LogP contribution is -2.29. The first-order valence-corrected chi connectivity index (χ1v) is 10.7. The van der Waals surface area contributed by atoms with Gasteiger partial charge in [-0.2, -0.15) is 0 Å². The molecule has 1 heterocycles. The number of benzene rings is 2. The Bertz CT molecular complexity index is 952. The van der Waals surface area contributed by atoms with Gasteiger partial charge in [0.05, 0.1) is 37.0 Å². The highest BCUT2D eigenvalue weighted by atomic mass is 35.5. The van der Waals surface area contributed by atoms with Crippen LogP contribution in [-0.2, 0) is 4.74 Å². The molecule has 0 saturated carbocycles. The standard InChI is InChI=1S/C22H27Cl2N3O2/c1-3-27(10-8-23)11-13-29-12-9-25-22-18-6-4-16(24)14-21(18)26-20-7-5-17(28-2)15-19(20)22/h4-7,14-15H,3,8-13H2,1-2H3,(H,25,26). The number of likely N-dealkylation sites (N-methyl/N-ethyl adjacent to an activating group) is 1. The highest BCUT2D eigenvalue weighted by molar-refractivity contribution is 6.31. The van der Waals surface area contributed by atoms with Crippen molar-refractivity contribution in [2.75, 3.05) is 57.7 Å². The molecular formula is C22H27Cl2N3O2. The number of hydrogen-bond donors (Lipinski definition) is 1. The molecule has 0 radical (unpaired) electrons. The lowest BCUT2D eigenvalue weighted by Gasteiger charge is -2.19. The van der Waals surface area contributed by atoms with Gasteiger partial charge in [-0.3, -0.25) is 0 Å².